The van der Waals surface area contributed by atoms with E-state index >= 15 is 0 Å². The topological polar surface area (TPSA) is 22.1 Å². The molecule has 0 aliphatic rings. The molecule has 0 unspecified atom stereocenters. The number of rotatable bonds is 1. The summed E-state index contributed by atoms with van der Waals surface area (Å²) in [5.41, 5.74) is -0.369. The molecule has 0 radical (unpaired) electrons. The predicted octanol–water partition coefficient (Wildman–Crippen LogP) is 2.16. The van der Waals surface area contributed by atoms with Gasteiger partial charge in [0, 0.05) is 14.8 Å². The Bertz CT molecular complexity index is 387. The Morgan fingerprint density at radius 2 is 2.70 bits per heavy atom. The van der Waals surface area contributed by atoms with Gasteiger partial charge in [-0.1, -0.05) is 0 Å². The van der Waals surface area contributed by atoms with Crippen molar-refractivity contribution in [2.45, 2.75) is 6.85 Å². The van der Waals surface area contributed by atoms with Gasteiger partial charge in [-0.25, -0.2) is 0 Å². The van der Waals surface area contributed by atoms with Gasteiger partial charge < -0.3 is 4.74 Å². The van der Waals surface area contributed by atoms with Crippen molar-refractivity contribution in [1.29, 1.82) is 0 Å². The molecule has 54 valence electrons. The smallest absolute Gasteiger partial charge is 0.141 e. The Morgan fingerprint density at radius 1 is 1.80 bits per heavy atom. The van der Waals surface area contributed by atoms with Gasteiger partial charge in [0.2, 0.25) is 0 Å². The zero-order chi connectivity index (χ0) is 12.6. The Morgan fingerprint density at radius 3 is 3.40 bits per heavy atom. The second-order valence-electron chi connectivity index (χ2n) is 1.60. The normalized spacial score (nSPS) is 20.9. The van der Waals surface area contributed by atoms with Crippen LogP contribution in [0.4, 0.5) is 0 Å². The number of aryl methyl sites for hydroxylation is 1. The van der Waals surface area contributed by atoms with Gasteiger partial charge in [0.15, 0.2) is 0 Å². The van der Waals surface area contributed by atoms with Gasteiger partial charge in [-0.2, -0.15) is 0 Å². The molecule has 2 nitrogen and oxygen atoms in total. The molecule has 0 N–H and O–H groups in total. The van der Waals surface area contributed by atoms with Crippen molar-refractivity contribution in [1.82, 2.24) is 4.98 Å². The summed E-state index contributed by atoms with van der Waals surface area (Å²) >= 11 is 3.06. The van der Waals surface area contributed by atoms with Crippen LogP contribution in [-0.2, 0) is 0 Å². The van der Waals surface area contributed by atoms with Gasteiger partial charge in [0.05, 0.1) is 16.8 Å². The maximum Gasteiger partial charge on any atom is 0.141 e. The molecule has 0 aromatic carbocycles. The number of ether oxygens (including phenoxy) is 1. The fourth-order valence-electron chi connectivity index (χ4n) is 0.498. The summed E-state index contributed by atoms with van der Waals surface area (Å²) in [5, 5.41) is 0. The lowest BCUT2D eigenvalue weighted by atomic mass is 10.3. The molecule has 1 heterocycles. The Kier molecular flexibility index (Phi) is 0.848. The van der Waals surface area contributed by atoms with E-state index in [9.17, 15) is 0 Å². The molecule has 0 fully saturated rings. The number of hydrogen-bond donors (Lipinski definition) is 0. The van der Waals surface area contributed by atoms with E-state index in [0.717, 1.165) is 0 Å². The van der Waals surface area contributed by atoms with Gasteiger partial charge in [0.1, 0.15) is 5.75 Å². The Balaban J connectivity index is 3.19. The highest BCUT2D eigenvalue weighted by molar-refractivity contribution is 9.10. The first-order valence-corrected chi connectivity index (χ1v) is 3.24. The zero-order valence-electron chi connectivity index (χ0n) is 10.9. The first-order valence-electron chi connectivity index (χ1n) is 5.45. The van der Waals surface area contributed by atoms with Crippen LogP contribution < -0.4 is 4.74 Å². The summed E-state index contributed by atoms with van der Waals surface area (Å²) in [6, 6.07) is 1.26. The minimum Gasteiger partial charge on any atom is -0.495 e. The fourth-order valence-corrected chi connectivity index (χ4v) is 0.809. The lowest BCUT2D eigenvalue weighted by Gasteiger charge is -2.01. The second-order valence-corrected chi connectivity index (χ2v) is 2.52. The van der Waals surface area contributed by atoms with Gasteiger partial charge in [-0.3, -0.25) is 4.98 Å². The molecule has 0 atom stereocenters. The van der Waals surface area contributed by atoms with Crippen LogP contribution in [0, 0.1) is 6.85 Å². The van der Waals surface area contributed by atoms with Crippen LogP contribution in [0.25, 0.3) is 0 Å². The van der Waals surface area contributed by atoms with Crippen LogP contribution in [0.3, 0.4) is 0 Å². The van der Waals surface area contributed by atoms with Crippen molar-refractivity contribution in [2.24, 2.45) is 0 Å². The molecule has 10 heavy (non-hydrogen) atoms. The molecule has 0 saturated carbocycles. The molecule has 1 rings (SSSR count). The molecule has 3 heteroatoms. The summed E-state index contributed by atoms with van der Waals surface area (Å²) in [6.07, 6.45) is 1.27. The van der Waals surface area contributed by atoms with E-state index in [2.05, 4.69) is 25.7 Å². The number of nitrogens with zero attached hydrogens (tertiary/aromatic N) is 1. The van der Waals surface area contributed by atoms with Crippen LogP contribution in [0.2, 0.25) is 0 Å². The highest BCUT2D eigenvalue weighted by Gasteiger charge is 1.97. The second kappa shape index (κ2) is 3.01. The lowest BCUT2D eigenvalue weighted by Crippen LogP contribution is -1.89. The number of aromatic nitrogens is 1. The molecular weight excluding hydrogens is 194 g/mol. The molecule has 0 aliphatic carbocycles. The first-order chi connectivity index (χ1) is 7.09. The first kappa shape index (κ1) is 2.81. The van der Waals surface area contributed by atoms with Gasteiger partial charge in [0.25, 0.3) is 0 Å². The molecular formula is C7H8BrNO. The number of methoxy groups -OCH3 is 1. The summed E-state index contributed by atoms with van der Waals surface area (Å²) in [4.78, 5) is 3.65. The molecule has 0 aliphatic heterocycles. The van der Waals surface area contributed by atoms with E-state index in [4.69, 9.17) is 8.22 Å². The summed E-state index contributed by atoms with van der Waals surface area (Å²) in [6.45, 7) is -2.51. The highest BCUT2D eigenvalue weighted by Crippen LogP contribution is 2.19. The van der Waals surface area contributed by atoms with Gasteiger partial charge >= 0.3 is 0 Å². The van der Waals surface area contributed by atoms with Gasteiger partial charge in [-0.15, -0.1) is 0 Å². The van der Waals surface area contributed by atoms with E-state index in [1.54, 1.807) is 0 Å². The number of hydrogen-bond acceptors (Lipinski definition) is 2. The maximum atomic E-state index is 7.18. The molecule has 0 amide bonds. The molecule has 0 saturated heterocycles. The van der Waals surface area contributed by atoms with Crippen LogP contribution in [0.5, 0.6) is 5.75 Å². The zero-order valence-corrected chi connectivity index (χ0v) is 6.47. The van der Waals surface area contributed by atoms with E-state index in [0.29, 0.717) is 4.47 Å². The van der Waals surface area contributed by atoms with Crippen molar-refractivity contribution < 1.29 is 13.0 Å². The van der Waals surface area contributed by atoms with Crippen molar-refractivity contribution in [3.63, 3.8) is 0 Å². The third-order valence-corrected chi connectivity index (χ3v) is 1.36. The van der Waals surface area contributed by atoms with Crippen molar-refractivity contribution in [3.8, 4) is 5.75 Å². The van der Waals surface area contributed by atoms with E-state index in [1.807, 2.05) is 0 Å². The highest BCUT2D eigenvalue weighted by atomic mass is 79.9. The minimum atomic E-state index is -2.71. The van der Waals surface area contributed by atoms with Crippen molar-refractivity contribution in [2.75, 3.05) is 7.04 Å². The summed E-state index contributed by atoms with van der Waals surface area (Å²) < 4.78 is 47.4. The average molecular weight is 208 g/mol. The SMILES string of the molecule is [2H]C([2H])([2H])Oc1cc(Br)cnc1C([2H])([2H])[2H]. The number of halogens is 1. The lowest BCUT2D eigenvalue weighted by molar-refractivity contribution is 0.409. The largest absolute Gasteiger partial charge is 0.495 e. The predicted molar refractivity (Wildman–Crippen MR) is 43.2 cm³/mol. The van der Waals surface area contributed by atoms with Crippen LogP contribution in [-0.4, -0.2) is 12.0 Å². The van der Waals surface area contributed by atoms with Crippen LogP contribution in [0.15, 0.2) is 16.7 Å². The average Bonchev–Trinajstić information content (AvgIpc) is 1.97. The third kappa shape index (κ3) is 1.48. The molecule has 1 aromatic rings. The Hall–Kier alpha value is -0.570. The van der Waals surface area contributed by atoms with E-state index < -0.39 is 13.9 Å². The van der Waals surface area contributed by atoms with Gasteiger partial charge in [-0.05, 0) is 28.8 Å². The summed E-state index contributed by atoms with van der Waals surface area (Å²) in [7, 11) is -2.71. The quantitative estimate of drug-likeness (QED) is 0.705. The van der Waals surface area contributed by atoms with E-state index in [-0.39, 0.29) is 11.4 Å². The maximum absolute atomic E-state index is 7.18. The van der Waals surface area contributed by atoms with Crippen molar-refractivity contribution >= 4 is 15.9 Å². The van der Waals surface area contributed by atoms with Crippen LogP contribution in [0.1, 0.15) is 13.9 Å². The van der Waals surface area contributed by atoms with Crippen molar-refractivity contribution in [3.05, 3.63) is 22.4 Å². The molecule has 0 spiro atoms. The summed E-state index contributed by atoms with van der Waals surface area (Å²) in [5.74, 6) is -0.269. The molecule has 1 aromatic heterocycles. The monoisotopic (exact) mass is 207 g/mol. The van der Waals surface area contributed by atoms with Crippen LogP contribution >= 0.6 is 15.9 Å². The minimum absolute atomic E-state index is 0.269. The third-order valence-electron chi connectivity index (χ3n) is 0.929. The fraction of sp³-hybridized carbons (Fsp3) is 0.286. The van der Waals surface area contributed by atoms with E-state index in [1.165, 1.54) is 12.3 Å². The molecule has 0 bridgehead atoms. The number of pyridine rings is 1. The Labute approximate surface area is 76.8 Å². The standard InChI is InChI=1S/C7H8BrNO/c1-5-7(10-2)3-6(8)4-9-5/h3-4H,1-2H3/i1D3,2D3.